The SMILES string of the molecule is O=S(=O)(Nc1ncns1)c1ccc2cc[nH]c2c1. The Labute approximate surface area is 107 Å². The first-order chi connectivity index (χ1) is 8.65. The predicted molar refractivity (Wildman–Crippen MR) is 69.0 cm³/mol. The number of rotatable bonds is 3. The molecule has 0 aliphatic rings. The molecule has 92 valence electrons. The molecule has 0 amide bonds. The molecule has 2 aromatic heterocycles. The van der Waals surface area contributed by atoms with Gasteiger partial charge in [0.15, 0.2) is 0 Å². The van der Waals surface area contributed by atoms with Gasteiger partial charge in [-0.05, 0) is 23.6 Å². The second-order valence-corrected chi connectivity index (χ2v) is 6.04. The van der Waals surface area contributed by atoms with Crippen molar-refractivity contribution in [3.8, 4) is 0 Å². The molecule has 0 saturated carbocycles. The molecule has 0 radical (unpaired) electrons. The summed E-state index contributed by atoms with van der Waals surface area (Å²) >= 11 is 0.991. The lowest BCUT2D eigenvalue weighted by atomic mass is 10.2. The maximum absolute atomic E-state index is 12.1. The third kappa shape index (κ3) is 1.95. The number of hydrogen-bond donors (Lipinski definition) is 2. The van der Waals surface area contributed by atoms with E-state index in [2.05, 4.69) is 19.1 Å². The minimum atomic E-state index is -3.61. The molecule has 0 spiro atoms. The molecular formula is C10H8N4O2S2. The molecule has 0 bridgehead atoms. The van der Waals surface area contributed by atoms with E-state index in [0.29, 0.717) is 0 Å². The smallest absolute Gasteiger partial charge is 0.263 e. The molecule has 0 unspecified atom stereocenters. The molecule has 0 atom stereocenters. The van der Waals surface area contributed by atoms with Gasteiger partial charge in [-0.25, -0.2) is 13.4 Å². The molecule has 8 heteroatoms. The van der Waals surface area contributed by atoms with Gasteiger partial charge in [0, 0.05) is 23.2 Å². The topological polar surface area (TPSA) is 87.7 Å². The molecule has 3 rings (SSSR count). The zero-order valence-electron chi connectivity index (χ0n) is 8.99. The van der Waals surface area contributed by atoms with E-state index in [4.69, 9.17) is 0 Å². The Morgan fingerprint density at radius 3 is 2.94 bits per heavy atom. The molecule has 18 heavy (non-hydrogen) atoms. The lowest BCUT2D eigenvalue weighted by molar-refractivity contribution is 0.601. The molecule has 0 aliphatic carbocycles. The summed E-state index contributed by atoms with van der Waals surface area (Å²) in [6.45, 7) is 0. The first kappa shape index (κ1) is 11.2. The highest BCUT2D eigenvalue weighted by atomic mass is 32.2. The average molecular weight is 280 g/mol. The fourth-order valence-electron chi connectivity index (χ4n) is 1.59. The molecule has 2 heterocycles. The van der Waals surface area contributed by atoms with Gasteiger partial charge in [-0.3, -0.25) is 4.72 Å². The fourth-order valence-corrected chi connectivity index (χ4v) is 3.27. The molecule has 0 saturated heterocycles. The standard InChI is InChI=1S/C10H8N4O2S2/c15-18(16,14-10-12-6-13-17-10)8-2-1-7-3-4-11-9(7)5-8/h1-6,11H,(H,12,13,14). The first-order valence-electron chi connectivity index (χ1n) is 5.02. The Kier molecular flexibility index (Phi) is 2.53. The zero-order valence-corrected chi connectivity index (χ0v) is 10.6. The van der Waals surface area contributed by atoms with Gasteiger partial charge in [-0.1, -0.05) is 6.07 Å². The van der Waals surface area contributed by atoms with Crippen molar-refractivity contribution in [1.82, 2.24) is 14.3 Å². The molecule has 6 nitrogen and oxygen atoms in total. The van der Waals surface area contributed by atoms with Gasteiger partial charge in [-0.2, -0.15) is 4.37 Å². The lowest BCUT2D eigenvalue weighted by Crippen LogP contribution is -2.12. The van der Waals surface area contributed by atoms with Crippen molar-refractivity contribution in [1.29, 1.82) is 0 Å². The van der Waals surface area contributed by atoms with Gasteiger partial charge in [0.2, 0.25) is 5.13 Å². The van der Waals surface area contributed by atoms with Crippen LogP contribution in [0.25, 0.3) is 10.9 Å². The van der Waals surface area contributed by atoms with Crippen LogP contribution in [0.1, 0.15) is 0 Å². The van der Waals surface area contributed by atoms with E-state index in [1.165, 1.54) is 6.33 Å². The van der Waals surface area contributed by atoms with E-state index in [1.54, 1.807) is 24.4 Å². The molecule has 0 aliphatic heterocycles. The van der Waals surface area contributed by atoms with Gasteiger partial charge in [-0.15, -0.1) is 0 Å². The fraction of sp³-hybridized carbons (Fsp3) is 0. The van der Waals surface area contributed by atoms with Crippen LogP contribution in [-0.4, -0.2) is 22.8 Å². The number of anilines is 1. The van der Waals surface area contributed by atoms with E-state index < -0.39 is 10.0 Å². The van der Waals surface area contributed by atoms with Crippen molar-refractivity contribution >= 4 is 37.6 Å². The van der Waals surface area contributed by atoms with E-state index in [0.717, 1.165) is 22.4 Å². The number of nitrogens with one attached hydrogen (secondary N) is 2. The summed E-state index contributed by atoms with van der Waals surface area (Å²) in [5, 5.41) is 1.21. The van der Waals surface area contributed by atoms with Crippen LogP contribution in [0.5, 0.6) is 0 Å². The van der Waals surface area contributed by atoms with Crippen LogP contribution in [0.15, 0.2) is 41.7 Å². The van der Waals surface area contributed by atoms with E-state index in [-0.39, 0.29) is 10.0 Å². The van der Waals surface area contributed by atoms with Crippen LogP contribution in [0, 0.1) is 0 Å². The normalized spacial score (nSPS) is 11.8. The van der Waals surface area contributed by atoms with Crippen LogP contribution >= 0.6 is 11.5 Å². The minimum Gasteiger partial charge on any atom is -0.361 e. The number of nitrogens with zero attached hydrogens (tertiary/aromatic N) is 2. The third-order valence-corrected chi connectivity index (χ3v) is 4.47. The second kappa shape index (κ2) is 4.07. The largest absolute Gasteiger partial charge is 0.361 e. The number of aromatic amines is 1. The quantitative estimate of drug-likeness (QED) is 0.766. The van der Waals surface area contributed by atoms with Gasteiger partial charge >= 0.3 is 0 Å². The molecule has 2 N–H and O–H groups in total. The number of H-pyrrole nitrogens is 1. The molecular weight excluding hydrogens is 272 g/mol. The number of fused-ring (bicyclic) bond motifs is 1. The Morgan fingerprint density at radius 1 is 1.28 bits per heavy atom. The monoisotopic (exact) mass is 280 g/mol. The Bertz CT molecular complexity index is 777. The van der Waals surface area contributed by atoms with Crippen LogP contribution in [0.2, 0.25) is 0 Å². The van der Waals surface area contributed by atoms with Crippen molar-refractivity contribution in [2.24, 2.45) is 0 Å². The average Bonchev–Trinajstić information content (AvgIpc) is 2.97. The number of aromatic nitrogens is 3. The van der Waals surface area contributed by atoms with Crippen LogP contribution in [-0.2, 0) is 10.0 Å². The van der Waals surface area contributed by atoms with Crippen molar-refractivity contribution in [3.63, 3.8) is 0 Å². The van der Waals surface area contributed by atoms with E-state index in [1.807, 2.05) is 6.07 Å². The second-order valence-electron chi connectivity index (χ2n) is 3.58. The first-order valence-corrected chi connectivity index (χ1v) is 7.27. The zero-order chi connectivity index (χ0) is 12.6. The third-order valence-electron chi connectivity index (χ3n) is 2.42. The predicted octanol–water partition coefficient (Wildman–Crippen LogP) is 1.82. The maximum atomic E-state index is 12.1. The van der Waals surface area contributed by atoms with Gasteiger partial charge in [0.1, 0.15) is 6.33 Å². The number of sulfonamides is 1. The summed E-state index contributed by atoms with van der Waals surface area (Å²) in [7, 11) is -3.61. The van der Waals surface area contributed by atoms with Crippen LogP contribution in [0.3, 0.4) is 0 Å². The molecule has 0 fully saturated rings. The van der Waals surface area contributed by atoms with Crippen molar-refractivity contribution < 1.29 is 8.42 Å². The molecule has 3 aromatic rings. The summed E-state index contributed by atoms with van der Waals surface area (Å²) in [5.74, 6) is 0. The Balaban J connectivity index is 2.02. The highest BCUT2D eigenvalue weighted by Gasteiger charge is 2.16. The summed E-state index contributed by atoms with van der Waals surface area (Å²) in [6.07, 6.45) is 3.07. The van der Waals surface area contributed by atoms with Crippen molar-refractivity contribution in [2.75, 3.05) is 4.72 Å². The highest BCUT2D eigenvalue weighted by molar-refractivity contribution is 7.93. The van der Waals surface area contributed by atoms with Gasteiger partial charge in [0.25, 0.3) is 10.0 Å². The number of benzene rings is 1. The van der Waals surface area contributed by atoms with Crippen LogP contribution < -0.4 is 4.72 Å². The van der Waals surface area contributed by atoms with E-state index >= 15 is 0 Å². The minimum absolute atomic E-state index is 0.188. The van der Waals surface area contributed by atoms with Crippen LogP contribution in [0.4, 0.5) is 5.13 Å². The lowest BCUT2D eigenvalue weighted by Gasteiger charge is -2.04. The van der Waals surface area contributed by atoms with Crippen molar-refractivity contribution in [3.05, 3.63) is 36.8 Å². The molecule has 1 aromatic carbocycles. The summed E-state index contributed by atoms with van der Waals surface area (Å²) in [4.78, 5) is 6.95. The summed E-state index contributed by atoms with van der Waals surface area (Å²) in [6, 6.07) is 6.77. The Hall–Kier alpha value is -1.93. The highest BCUT2D eigenvalue weighted by Crippen LogP contribution is 2.20. The number of hydrogen-bond acceptors (Lipinski definition) is 5. The Morgan fingerprint density at radius 2 is 2.17 bits per heavy atom. The van der Waals surface area contributed by atoms with Gasteiger partial charge in [0.05, 0.1) is 4.90 Å². The van der Waals surface area contributed by atoms with Crippen molar-refractivity contribution in [2.45, 2.75) is 4.90 Å². The summed E-state index contributed by atoms with van der Waals surface area (Å²) < 4.78 is 30.3. The van der Waals surface area contributed by atoms with E-state index in [9.17, 15) is 8.42 Å². The van der Waals surface area contributed by atoms with Gasteiger partial charge < -0.3 is 4.98 Å². The maximum Gasteiger partial charge on any atom is 0.263 e. The summed E-state index contributed by atoms with van der Waals surface area (Å²) in [5.41, 5.74) is 0.773.